The lowest BCUT2D eigenvalue weighted by Crippen LogP contribution is -2.26. The molecule has 1 N–H and O–H groups in total. The molecule has 7 heteroatoms. The van der Waals surface area contributed by atoms with Gasteiger partial charge in [0.25, 0.3) is 0 Å². The maximum Gasteiger partial charge on any atom is 0.229 e. The number of carbonyl (C=O) groups excluding carboxylic acids is 2. The molecule has 1 aliphatic heterocycles. The van der Waals surface area contributed by atoms with Gasteiger partial charge in [0.15, 0.2) is 10.9 Å². The van der Waals surface area contributed by atoms with Crippen LogP contribution in [0.15, 0.2) is 17.5 Å². The highest BCUT2D eigenvalue weighted by molar-refractivity contribution is 8.14. The number of aromatic nitrogens is 2. The van der Waals surface area contributed by atoms with Crippen LogP contribution >= 0.6 is 23.1 Å². The van der Waals surface area contributed by atoms with Crippen LogP contribution in [0, 0.1) is 6.92 Å². The Labute approximate surface area is 130 Å². The normalized spacial score (nSPS) is 18.5. The Kier molecular flexibility index (Phi) is 3.86. The van der Waals surface area contributed by atoms with E-state index >= 15 is 0 Å². The second-order valence-corrected chi connectivity index (χ2v) is 7.39. The number of hydrogen-bond donors (Lipinski definition) is 1. The standard InChI is InChI=1S/C14H15N3O2S2/c1-8-13(11-4-3-5-20-11)15-16-14(8)17-7-10(6-12(17)19)21-9(2)18/h3-5,10H,6-7H2,1-2H3,(H,15,16). The summed E-state index contributed by atoms with van der Waals surface area (Å²) in [7, 11) is 0. The number of nitrogens with zero attached hydrogens (tertiary/aromatic N) is 2. The molecule has 1 fully saturated rings. The Bertz CT molecular complexity index is 678. The van der Waals surface area contributed by atoms with E-state index in [1.807, 2.05) is 24.4 Å². The van der Waals surface area contributed by atoms with Gasteiger partial charge in [-0.15, -0.1) is 11.3 Å². The zero-order chi connectivity index (χ0) is 15.0. The summed E-state index contributed by atoms with van der Waals surface area (Å²) >= 11 is 2.87. The zero-order valence-corrected chi connectivity index (χ0v) is 13.4. The first kappa shape index (κ1) is 14.3. The predicted octanol–water partition coefficient (Wildman–Crippen LogP) is 2.83. The van der Waals surface area contributed by atoms with Crippen molar-refractivity contribution in [2.45, 2.75) is 25.5 Å². The molecular weight excluding hydrogens is 306 g/mol. The monoisotopic (exact) mass is 321 g/mol. The van der Waals surface area contributed by atoms with Crippen LogP contribution in [0.1, 0.15) is 18.9 Å². The molecule has 0 radical (unpaired) electrons. The summed E-state index contributed by atoms with van der Waals surface area (Å²) in [5.41, 5.74) is 1.93. The molecule has 1 atom stereocenters. The summed E-state index contributed by atoms with van der Waals surface area (Å²) in [5, 5.41) is 9.42. The van der Waals surface area contributed by atoms with Gasteiger partial charge < -0.3 is 0 Å². The Morgan fingerprint density at radius 1 is 1.57 bits per heavy atom. The lowest BCUT2D eigenvalue weighted by atomic mass is 10.2. The second kappa shape index (κ2) is 5.65. The first-order valence-corrected chi connectivity index (χ1v) is 8.38. The van der Waals surface area contributed by atoms with Gasteiger partial charge in [-0.25, -0.2) is 0 Å². The van der Waals surface area contributed by atoms with Gasteiger partial charge in [-0.05, 0) is 18.4 Å². The van der Waals surface area contributed by atoms with E-state index < -0.39 is 0 Å². The summed E-state index contributed by atoms with van der Waals surface area (Å²) < 4.78 is 0. The van der Waals surface area contributed by atoms with Crippen molar-refractivity contribution in [3.8, 4) is 10.6 Å². The molecule has 21 heavy (non-hydrogen) atoms. The SMILES string of the molecule is CC(=O)SC1CC(=O)N(c2n[nH]c(-c3cccs3)c2C)C1. The Hall–Kier alpha value is -1.60. The van der Waals surface area contributed by atoms with Gasteiger partial charge in [-0.2, -0.15) is 5.10 Å². The van der Waals surface area contributed by atoms with E-state index in [2.05, 4.69) is 10.2 Å². The van der Waals surface area contributed by atoms with Crippen molar-refractivity contribution in [1.82, 2.24) is 10.2 Å². The van der Waals surface area contributed by atoms with Crippen LogP contribution < -0.4 is 4.90 Å². The average Bonchev–Trinajstić information content (AvgIpc) is 3.09. The molecule has 0 aromatic carbocycles. The Morgan fingerprint density at radius 2 is 2.38 bits per heavy atom. The summed E-state index contributed by atoms with van der Waals surface area (Å²) in [6, 6.07) is 4.01. The summed E-state index contributed by atoms with van der Waals surface area (Å²) in [6.07, 6.45) is 0.394. The highest BCUT2D eigenvalue weighted by atomic mass is 32.2. The maximum absolute atomic E-state index is 12.2. The summed E-state index contributed by atoms with van der Waals surface area (Å²) in [4.78, 5) is 26.1. The summed E-state index contributed by atoms with van der Waals surface area (Å²) in [5.74, 6) is 0.705. The molecule has 0 spiro atoms. The zero-order valence-electron chi connectivity index (χ0n) is 11.8. The number of aromatic amines is 1. The van der Waals surface area contributed by atoms with Crippen molar-refractivity contribution >= 4 is 39.9 Å². The number of thioether (sulfide) groups is 1. The van der Waals surface area contributed by atoms with Gasteiger partial charge in [-0.1, -0.05) is 17.8 Å². The van der Waals surface area contributed by atoms with Gasteiger partial charge in [-0.3, -0.25) is 19.6 Å². The van der Waals surface area contributed by atoms with Crippen LogP contribution in [-0.4, -0.2) is 33.0 Å². The molecule has 1 aliphatic rings. The minimum absolute atomic E-state index is 0.0243. The van der Waals surface area contributed by atoms with E-state index in [0.717, 1.165) is 16.1 Å². The van der Waals surface area contributed by atoms with Crippen molar-refractivity contribution in [1.29, 1.82) is 0 Å². The fraction of sp³-hybridized carbons (Fsp3) is 0.357. The van der Waals surface area contributed by atoms with Crippen molar-refractivity contribution in [3.63, 3.8) is 0 Å². The van der Waals surface area contributed by atoms with Gasteiger partial charge in [0.2, 0.25) is 5.91 Å². The van der Waals surface area contributed by atoms with Crippen molar-refractivity contribution < 1.29 is 9.59 Å². The molecule has 0 saturated carbocycles. The highest BCUT2D eigenvalue weighted by Crippen LogP contribution is 2.34. The molecule has 1 saturated heterocycles. The van der Waals surface area contributed by atoms with Crippen LogP contribution in [0.4, 0.5) is 5.82 Å². The van der Waals surface area contributed by atoms with E-state index in [-0.39, 0.29) is 16.3 Å². The first-order chi connectivity index (χ1) is 10.1. The molecule has 3 heterocycles. The topological polar surface area (TPSA) is 66.1 Å². The number of hydrogen-bond acceptors (Lipinski definition) is 5. The first-order valence-electron chi connectivity index (χ1n) is 6.62. The maximum atomic E-state index is 12.2. The number of rotatable bonds is 3. The van der Waals surface area contributed by atoms with Crippen molar-refractivity contribution in [2.24, 2.45) is 0 Å². The molecule has 5 nitrogen and oxygen atoms in total. The Balaban J connectivity index is 1.85. The molecule has 1 amide bonds. The molecule has 0 aliphatic carbocycles. The van der Waals surface area contributed by atoms with Gasteiger partial charge >= 0.3 is 0 Å². The third-order valence-corrected chi connectivity index (χ3v) is 5.30. The number of thiophene rings is 1. The number of carbonyl (C=O) groups is 2. The van der Waals surface area contributed by atoms with Crippen LogP contribution in [-0.2, 0) is 9.59 Å². The number of anilines is 1. The molecule has 1 unspecified atom stereocenters. The minimum atomic E-state index is 0.0243. The van der Waals surface area contributed by atoms with E-state index in [0.29, 0.717) is 18.8 Å². The van der Waals surface area contributed by atoms with Gasteiger partial charge in [0, 0.05) is 30.7 Å². The third-order valence-electron chi connectivity index (χ3n) is 3.43. The van der Waals surface area contributed by atoms with Gasteiger partial charge in [0.05, 0.1) is 10.6 Å². The average molecular weight is 321 g/mol. The molecule has 110 valence electrons. The molecular formula is C14H15N3O2S2. The third kappa shape index (κ3) is 2.75. The van der Waals surface area contributed by atoms with Crippen molar-refractivity contribution in [2.75, 3.05) is 11.4 Å². The lowest BCUT2D eigenvalue weighted by molar-refractivity contribution is -0.117. The highest BCUT2D eigenvalue weighted by Gasteiger charge is 2.34. The fourth-order valence-electron chi connectivity index (χ4n) is 2.51. The predicted molar refractivity (Wildman–Crippen MR) is 85.7 cm³/mol. The van der Waals surface area contributed by atoms with E-state index in [4.69, 9.17) is 0 Å². The number of H-pyrrole nitrogens is 1. The lowest BCUT2D eigenvalue weighted by Gasteiger charge is -2.14. The smallest absolute Gasteiger partial charge is 0.229 e. The van der Waals surface area contributed by atoms with E-state index in [1.165, 1.54) is 18.7 Å². The second-order valence-electron chi connectivity index (χ2n) is 4.96. The number of amides is 1. The Morgan fingerprint density at radius 3 is 3.05 bits per heavy atom. The van der Waals surface area contributed by atoms with Gasteiger partial charge in [0.1, 0.15) is 0 Å². The quantitative estimate of drug-likeness (QED) is 0.944. The minimum Gasteiger partial charge on any atom is -0.294 e. The van der Waals surface area contributed by atoms with Crippen LogP contribution in [0.5, 0.6) is 0 Å². The van der Waals surface area contributed by atoms with Crippen LogP contribution in [0.2, 0.25) is 0 Å². The number of nitrogens with one attached hydrogen (secondary N) is 1. The van der Waals surface area contributed by atoms with Crippen LogP contribution in [0.3, 0.4) is 0 Å². The largest absolute Gasteiger partial charge is 0.294 e. The molecule has 2 aromatic heterocycles. The van der Waals surface area contributed by atoms with Crippen LogP contribution in [0.25, 0.3) is 10.6 Å². The molecule has 0 bridgehead atoms. The van der Waals surface area contributed by atoms with Crippen molar-refractivity contribution in [3.05, 3.63) is 23.1 Å². The molecule has 2 aromatic rings. The van der Waals surface area contributed by atoms with E-state index in [9.17, 15) is 9.59 Å². The van der Waals surface area contributed by atoms with E-state index in [1.54, 1.807) is 16.2 Å². The molecule has 3 rings (SSSR count). The summed E-state index contributed by atoms with van der Waals surface area (Å²) in [6.45, 7) is 4.04. The fourth-order valence-corrected chi connectivity index (χ4v) is 4.20.